The number of hydrogen-bond donors (Lipinski definition) is 1. The van der Waals surface area contributed by atoms with Crippen LogP contribution in [-0.2, 0) is 13.1 Å². The van der Waals surface area contributed by atoms with Crippen molar-refractivity contribution in [2.75, 3.05) is 0 Å². The monoisotopic (exact) mass is 237 g/mol. The third kappa shape index (κ3) is 3.08. The second-order valence-electron chi connectivity index (χ2n) is 3.44. The molecule has 0 radical (unpaired) electrons. The van der Waals surface area contributed by atoms with Gasteiger partial charge in [-0.05, 0) is 24.6 Å². The molecule has 1 aromatic heterocycles. The molecule has 0 atom stereocenters. The lowest BCUT2D eigenvalue weighted by molar-refractivity contribution is 0.624. The molecule has 0 aliphatic heterocycles. The number of nitrogens with one attached hydrogen (secondary N) is 1. The van der Waals surface area contributed by atoms with Crippen molar-refractivity contribution >= 4 is 11.3 Å². The van der Waals surface area contributed by atoms with Crippen LogP contribution in [0.5, 0.6) is 0 Å². The highest BCUT2D eigenvalue weighted by atomic mass is 32.1. The molecule has 0 aliphatic rings. The van der Waals surface area contributed by atoms with Gasteiger partial charge in [0.1, 0.15) is 15.8 Å². The first-order valence-corrected chi connectivity index (χ1v) is 5.80. The topological polar surface area (TPSA) is 37.8 Å². The summed E-state index contributed by atoms with van der Waals surface area (Å²) >= 11 is 1.58. The number of rotatable bonds is 4. The van der Waals surface area contributed by atoms with E-state index >= 15 is 0 Å². The van der Waals surface area contributed by atoms with Gasteiger partial charge >= 0.3 is 0 Å². The summed E-state index contributed by atoms with van der Waals surface area (Å²) in [5, 5.41) is 13.1. The van der Waals surface area contributed by atoms with E-state index in [0.29, 0.717) is 13.1 Å². The van der Waals surface area contributed by atoms with E-state index in [0.717, 1.165) is 15.6 Å². The largest absolute Gasteiger partial charge is 0.306 e. The van der Waals surface area contributed by atoms with Gasteiger partial charge in [-0.1, -0.05) is 12.1 Å². The van der Waals surface area contributed by atoms with Crippen molar-refractivity contribution in [3.63, 3.8) is 0 Å². The van der Waals surface area contributed by atoms with E-state index in [1.165, 1.54) is 12.1 Å². The van der Waals surface area contributed by atoms with E-state index in [4.69, 9.17) is 0 Å². The van der Waals surface area contributed by atoms with Crippen LogP contribution in [0.15, 0.2) is 24.3 Å². The SMILES string of the molecule is Cc1nnc(CNCc2ccc(F)cc2)s1. The molecule has 0 saturated carbocycles. The number of halogens is 1. The summed E-state index contributed by atoms with van der Waals surface area (Å²) in [5.41, 5.74) is 1.06. The number of benzene rings is 1. The van der Waals surface area contributed by atoms with Crippen LogP contribution in [-0.4, -0.2) is 10.2 Å². The first-order chi connectivity index (χ1) is 7.74. The minimum absolute atomic E-state index is 0.205. The third-order valence-electron chi connectivity index (χ3n) is 2.09. The zero-order chi connectivity index (χ0) is 11.4. The molecule has 0 saturated heterocycles. The maximum absolute atomic E-state index is 12.6. The Morgan fingerprint density at radius 1 is 1.19 bits per heavy atom. The molecule has 2 rings (SSSR count). The highest BCUT2D eigenvalue weighted by molar-refractivity contribution is 7.11. The quantitative estimate of drug-likeness (QED) is 0.886. The first-order valence-electron chi connectivity index (χ1n) is 4.98. The van der Waals surface area contributed by atoms with E-state index in [1.54, 1.807) is 23.5 Å². The molecular weight excluding hydrogens is 225 g/mol. The summed E-state index contributed by atoms with van der Waals surface area (Å²) in [6, 6.07) is 6.47. The standard InChI is InChI=1S/C11H12FN3S/c1-8-14-15-11(16-8)7-13-6-9-2-4-10(12)5-3-9/h2-5,13H,6-7H2,1H3. The predicted molar refractivity (Wildman–Crippen MR) is 61.6 cm³/mol. The molecule has 0 unspecified atom stereocenters. The van der Waals surface area contributed by atoms with Crippen LogP contribution in [0, 0.1) is 12.7 Å². The average molecular weight is 237 g/mol. The fourth-order valence-electron chi connectivity index (χ4n) is 1.32. The maximum atomic E-state index is 12.6. The minimum Gasteiger partial charge on any atom is -0.306 e. The van der Waals surface area contributed by atoms with Crippen molar-refractivity contribution in [1.29, 1.82) is 0 Å². The van der Waals surface area contributed by atoms with Crippen LogP contribution < -0.4 is 5.32 Å². The van der Waals surface area contributed by atoms with Gasteiger partial charge in [-0.25, -0.2) is 4.39 Å². The van der Waals surface area contributed by atoms with Crippen molar-refractivity contribution in [2.24, 2.45) is 0 Å². The Labute approximate surface area is 97.3 Å². The summed E-state index contributed by atoms with van der Waals surface area (Å²) in [7, 11) is 0. The van der Waals surface area contributed by atoms with E-state index in [1.807, 2.05) is 6.92 Å². The third-order valence-corrected chi connectivity index (χ3v) is 2.93. The van der Waals surface area contributed by atoms with Crippen LogP contribution in [0.4, 0.5) is 4.39 Å². The van der Waals surface area contributed by atoms with Crippen molar-refractivity contribution in [3.05, 3.63) is 45.7 Å². The lowest BCUT2D eigenvalue weighted by atomic mass is 10.2. The molecule has 84 valence electrons. The Morgan fingerprint density at radius 2 is 1.94 bits per heavy atom. The minimum atomic E-state index is -0.205. The predicted octanol–water partition coefficient (Wildman–Crippen LogP) is 2.28. The van der Waals surface area contributed by atoms with Crippen LogP contribution >= 0.6 is 11.3 Å². The number of nitrogens with zero attached hydrogens (tertiary/aromatic N) is 2. The van der Waals surface area contributed by atoms with Crippen molar-refractivity contribution in [2.45, 2.75) is 20.0 Å². The zero-order valence-corrected chi connectivity index (χ0v) is 9.72. The van der Waals surface area contributed by atoms with Crippen molar-refractivity contribution in [1.82, 2.24) is 15.5 Å². The van der Waals surface area contributed by atoms with Gasteiger partial charge in [0.2, 0.25) is 0 Å². The van der Waals surface area contributed by atoms with Crippen LogP contribution in [0.3, 0.4) is 0 Å². The summed E-state index contributed by atoms with van der Waals surface area (Å²) in [6.45, 7) is 3.34. The van der Waals surface area contributed by atoms with Gasteiger partial charge in [-0.15, -0.1) is 21.5 Å². The Bertz CT molecular complexity index is 453. The molecule has 1 aromatic carbocycles. The molecule has 16 heavy (non-hydrogen) atoms. The normalized spacial score (nSPS) is 10.6. The Kier molecular flexibility index (Phi) is 3.58. The van der Waals surface area contributed by atoms with Gasteiger partial charge in [-0.2, -0.15) is 0 Å². The van der Waals surface area contributed by atoms with Crippen molar-refractivity contribution in [3.8, 4) is 0 Å². The molecule has 0 bridgehead atoms. The summed E-state index contributed by atoms with van der Waals surface area (Å²) in [6.07, 6.45) is 0. The van der Waals surface area contributed by atoms with Gasteiger partial charge in [-0.3, -0.25) is 0 Å². The second kappa shape index (κ2) is 5.14. The molecule has 3 nitrogen and oxygen atoms in total. The van der Waals surface area contributed by atoms with E-state index < -0.39 is 0 Å². The fraction of sp³-hybridized carbons (Fsp3) is 0.273. The van der Waals surface area contributed by atoms with E-state index in [-0.39, 0.29) is 5.82 Å². The molecule has 0 fully saturated rings. The van der Waals surface area contributed by atoms with E-state index in [9.17, 15) is 4.39 Å². The number of aromatic nitrogens is 2. The Balaban J connectivity index is 1.82. The van der Waals surface area contributed by atoms with Crippen LogP contribution in [0.2, 0.25) is 0 Å². The summed E-state index contributed by atoms with van der Waals surface area (Å²) < 4.78 is 12.6. The van der Waals surface area contributed by atoms with E-state index in [2.05, 4.69) is 15.5 Å². The number of aryl methyl sites for hydroxylation is 1. The first kappa shape index (κ1) is 11.2. The maximum Gasteiger partial charge on any atom is 0.131 e. The van der Waals surface area contributed by atoms with Gasteiger partial charge in [0.15, 0.2) is 0 Å². The highest BCUT2D eigenvalue weighted by Crippen LogP contribution is 2.08. The van der Waals surface area contributed by atoms with Crippen LogP contribution in [0.1, 0.15) is 15.6 Å². The van der Waals surface area contributed by atoms with Gasteiger partial charge in [0, 0.05) is 13.1 Å². The van der Waals surface area contributed by atoms with Crippen LogP contribution in [0.25, 0.3) is 0 Å². The molecule has 2 aromatic rings. The highest BCUT2D eigenvalue weighted by Gasteiger charge is 1.99. The lowest BCUT2D eigenvalue weighted by Gasteiger charge is -2.01. The molecule has 0 spiro atoms. The van der Waals surface area contributed by atoms with Gasteiger partial charge in [0.05, 0.1) is 0 Å². The fourth-order valence-corrected chi connectivity index (χ4v) is 2.00. The molecule has 0 aliphatic carbocycles. The second-order valence-corrected chi connectivity index (χ2v) is 4.71. The molecular formula is C11H12FN3S. The Morgan fingerprint density at radius 3 is 2.56 bits per heavy atom. The smallest absolute Gasteiger partial charge is 0.131 e. The number of hydrogen-bond acceptors (Lipinski definition) is 4. The summed E-state index contributed by atoms with van der Waals surface area (Å²) in [5.74, 6) is -0.205. The molecule has 1 heterocycles. The summed E-state index contributed by atoms with van der Waals surface area (Å²) in [4.78, 5) is 0. The molecule has 1 N–H and O–H groups in total. The average Bonchev–Trinajstić information content (AvgIpc) is 2.67. The Hall–Kier alpha value is -1.33. The molecule has 0 amide bonds. The van der Waals surface area contributed by atoms with Gasteiger partial charge < -0.3 is 5.32 Å². The lowest BCUT2D eigenvalue weighted by Crippen LogP contribution is -2.12. The molecule has 5 heteroatoms. The zero-order valence-electron chi connectivity index (χ0n) is 8.90. The van der Waals surface area contributed by atoms with Crippen molar-refractivity contribution < 1.29 is 4.39 Å². The van der Waals surface area contributed by atoms with Gasteiger partial charge in [0.25, 0.3) is 0 Å².